The molecule has 0 aliphatic rings. The highest BCUT2D eigenvalue weighted by atomic mass is 15.3. The van der Waals surface area contributed by atoms with Crippen LogP contribution in [-0.2, 0) is 0 Å². The van der Waals surface area contributed by atoms with Gasteiger partial charge in [-0.25, -0.2) is 4.98 Å². The Morgan fingerprint density at radius 1 is 0.439 bits per heavy atom. The highest BCUT2D eigenvalue weighted by Gasteiger charge is 2.18. The summed E-state index contributed by atoms with van der Waals surface area (Å²) in [4.78, 5) is 14.0. The van der Waals surface area contributed by atoms with Gasteiger partial charge in [0.05, 0.1) is 16.7 Å². The molecule has 0 atom stereocenters. The Hall–Kier alpha value is -5.75. The van der Waals surface area contributed by atoms with Crippen molar-refractivity contribution in [2.75, 3.05) is 0 Å². The number of fused-ring (bicyclic) bond motifs is 6. The molecule has 8 aromatic rings. The fourth-order valence-electron chi connectivity index (χ4n) is 5.55. The summed E-state index contributed by atoms with van der Waals surface area (Å²) in [6.45, 7) is 0. The first-order valence-corrected chi connectivity index (χ1v) is 13.4. The van der Waals surface area contributed by atoms with Crippen LogP contribution in [0.25, 0.3) is 72.3 Å². The minimum atomic E-state index is 0.766. The average molecular weight is 527 g/mol. The van der Waals surface area contributed by atoms with Crippen molar-refractivity contribution in [2.45, 2.75) is 0 Å². The second-order valence-corrected chi connectivity index (χ2v) is 9.87. The summed E-state index contributed by atoms with van der Waals surface area (Å²) in [5.41, 5.74) is 6.85. The summed E-state index contributed by atoms with van der Waals surface area (Å²) in [6, 6.07) is 39.2. The van der Waals surface area contributed by atoms with Crippen LogP contribution in [-0.4, -0.2) is 29.7 Å². The first kappa shape index (κ1) is 23.2. The standard InChI is InChI=1S/C35H22N6/c1-2-7-26(8-3-1)41-34(39-40-35(41)25-18-21-36-22-19-25)24-14-12-23(13-15-24)31-17-16-30-28-11-6-20-37-32(28)27-9-4-5-10-29(27)33(30)38-31/h1-22H. The zero-order valence-electron chi connectivity index (χ0n) is 21.9. The molecule has 0 saturated heterocycles. The van der Waals surface area contributed by atoms with Crippen molar-refractivity contribution in [2.24, 2.45) is 0 Å². The summed E-state index contributed by atoms with van der Waals surface area (Å²) in [7, 11) is 0. The molecule has 0 N–H and O–H groups in total. The molecule has 0 saturated carbocycles. The molecule has 0 unspecified atom stereocenters. The van der Waals surface area contributed by atoms with Crippen LogP contribution in [0.2, 0.25) is 0 Å². The fourth-order valence-corrected chi connectivity index (χ4v) is 5.55. The zero-order chi connectivity index (χ0) is 27.2. The normalized spacial score (nSPS) is 11.4. The van der Waals surface area contributed by atoms with E-state index in [1.165, 1.54) is 0 Å². The third kappa shape index (κ3) is 3.85. The molecule has 0 aliphatic heterocycles. The van der Waals surface area contributed by atoms with Gasteiger partial charge < -0.3 is 0 Å². The van der Waals surface area contributed by atoms with Crippen molar-refractivity contribution in [3.05, 3.63) is 134 Å². The summed E-state index contributed by atoms with van der Waals surface area (Å²) in [5.74, 6) is 1.54. The molecule has 4 aromatic heterocycles. The summed E-state index contributed by atoms with van der Waals surface area (Å²) in [5, 5.41) is 13.6. The number of para-hydroxylation sites is 1. The lowest BCUT2D eigenvalue weighted by atomic mass is 9.99. The topological polar surface area (TPSA) is 69.4 Å². The van der Waals surface area contributed by atoms with Crippen LogP contribution in [0.4, 0.5) is 0 Å². The summed E-state index contributed by atoms with van der Waals surface area (Å²) < 4.78 is 2.09. The second-order valence-electron chi connectivity index (χ2n) is 9.87. The maximum Gasteiger partial charge on any atom is 0.168 e. The molecule has 192 valence electrons. The molecular weight excluding hydrogens is 504 g/mol. The molecule has 8 rings (SSSR count). The van der Waals surface area contributed by atoms with E-state index in [0.29, 0.717) is 0 Å². The minimum absolute atomic E-state index is 0.766. The van der Waals surface area contributed by atoms with Crippen LogP contribution in [0.1, 0.15) is 0 Å². The molecule has 0 spiro atoms. The van der Waals surface area contributed by atoms with E-state index in [0.717, 1.165) is 72.3 Å². The Kier molecular flexibility index (Phi) is 5.35. The van der Waals surface area contributed by atoms with Gasteiger partial charge in [0.1, 0.15) is 0 Å². The number of nitrogens with zero attached hydrogens (tertiary/aromatic N) is 6. The third-order valence-corrected chi connectivity index (χ3v) is 7.49. The molecule has 41 heavy (non-hydrogen) atoms. The van der Waals surface area contributed by atoms with Crippen molar-refractivity contribution < 1.29 is 0 Å². The number of hydrogen-bond acceptors (Lipinski definition) is 5. The van der Waals surface area contributed by atoms with Crippen molar-refractivity contribution >= 4 is 32.6 Å². The largest absolute Gasteiger partial charge is 0.275 e. The number of hydrogen-bond donors (Lipinski definition) is 0. The van der Waals surface area contributed by atoms with Crippen LogP contribution < -0.4 is 0 Å². The molecule has 0 aliphatic carbocycles. The van der Waals surface area contributed by atoms with E-state index in [-0.39, 0.29) is 0 Å². The SMILES string of the molecule is c1ccc(-n2c(-c3ccncc3)nnc2-c2ccc(-c3ccc4c5cccnc5c5ccccc5c4n3)cc2)cc1. The quantitative estimate of drug-likeness (QED) is 0.218. The van der Waals surface area contributed by atoms with Crippen molar-refractivity contribution in [1.29, 1.82) is 0 Å². The van der Waals surface area contributed by atoms with Crippen LogP contribution in [0.5, 0.6) is 0 Å². The molecular formula is C35H22N6. The van der Waals surface area contributed by atoms with Crippen LogP contribution >= 0.6 is 0 Å². The summed E-state index contributed by atoms with van der Waals surface area (Å²) in [6.07, 6.45) is 5.39. The predicted octanol–water partition coefficient (Wildman–Crippen LogP) is 7.91. The average Bonchev–Trinajstić information content (AvgIpc) is 3.51. The van der Waals surface area contributed by atoms with Gasteiger partial charge in [-0.05, 0) is 42.5 Å². The maximum absolute atomic E-state index is 5.17. The fraction of sp³-hybridized carbons (Fsp3) is 0. The third-order valence-electron chi connectivity index (χ3n) is 7.49. The molecule has 0 radical (unpaired) electrons. The molecule has 6 heteroatoms. The highest BCUT2D eigenvalue weighted by Crippen LogP contribution is 2.35. The van der Waals surface area contributed by atoms with Gasteiger partial charge in [0.2, 0.25) is 0 Å². The number of rotatable bonds is 4. The Morgan fingerprint density at radius 3 is 1.76 bits per heavy atom. The number of pyridine rings is 3. The van der Waals surface area contributed by atoms with E-state index in [2.05, 4.69) is 104 Å². The Bertz CT molecular complexity index is 2150. The minimum Gasteiger partial charge on any atom is -0.275 e. The van der Waals surface area contributed by atoms with Gasteiger partial charge in [0.15, 0.2) is 11.6 Å². The Balaban J connectivity index is 1.25. The lowest BCUT2D eigenvalue weighted by molar-refractivity contribution is 1.07. The number of benzene rings is 4. The van der Waals surface area contributed by atoms with E-state index >= 15 is 0 Å². The zero-order valence-corrected chi connectivity index (χ0v) is 21.9. The predicted molar refractivity (Wildman–Crippen MR) is 164 cm³/mol. The molecule has 4 aromatic carbocycles. The Morgan fingerprint density at radius 2 is 1.02 bits per heavy atom. The van der Waals surface area contributed by atoms with E-state index in [9.17, 15) is 0 Å². The van der Waals surface area contributed by atoms with Crippen molar-refractivity contribution in [1.82, 2.24) is 29.7 Å². The summed E-state index contributed by atoms with van der Waals surface area (Å²) >= 11 is 0. The van der Waals surface area contributed by atoms with Gasteiger partial charge in [-0.1, -0.05) is 72.8 Å². The van der Waals surface area contributed by atoms with Gasteiger partial charge in [0, 0.05) is 62.5 Å². The Labute approximate surface area is 235 Å². The highest BCUT2D eigenvalue weighted by molar-refractivity contribution is 6.23. The first-order valence-electron chi connectivity index (χ1n) is 13.4. The molecule has 0 bridgehead atoms. The smallest absolute Gasteiger partial charge is 0.168 e. The van der Waals surface area contributed by atoms with Crippen LogP contribution in [0, 0.1) is 0 Å². The molecule has 0 fully saturated rings. The molecule has 0 amide bonds. The second kappa shape index (κ2) is 9.47. The maximum atomic E-state index is 5.17. The monoisotopic (exact) mass is 526 g/mol. The van der Waals surface area contributed by atoms with E-state index in [1.54, 1.807) is 12.4 Å². The van der Waals surface area contributed by atoms with Crippen molar-refractivity contribution in [3.8, 4) is 39.7 Å². The first-order chi connectivity index (χ1) is 20.3. The lowest BCUT2D eigenvalue weighted by Gasteiger charge is -2.12. The van der Waals surface area contributed by atoms with Gasteiger partial charge in [-0.2, -0.15) is 0 Å². The van der Waals surface area contributed by atoms with Gasteiger partial charge in [-0.15, -0.1) is 10.2 Å². The van der Waals surface area contributed by atoms with Gasteiger partial charge in [0.25, 0.3) is 0 Å². The van der Waals surface area contributed by atoms with Gasteiger partial charge in [-0.3, -0.25) is 14.5 Å². The van der Waals surface area contributed by atoms with E-state index < -0.39 is 0 Å². The molecule has 4 heterocycles. The van der Waals surface area contributed by atoms with E-state index in [4.69, 9.17) is 4.98 Å². The van der Waals surface area contributed by atoms with E-state index in [1.807, 2.05) is 42.6 Å². The van der Waals surface area contributed by atoms with Gasteiger partial charge >= 0.3 is 0 Å². The molecule has 6 nitrogen and oxygen atoms in total. The van der Waals surface area contributed by atoms with Crippen LogP contribution in [0.15, 0.2) is 134 Å². The van der Waals surface area contributed by atoms with Crippen molar-refractivity contribution in [3.63, 3.8) is 0 Å². The lowest BCUT2D eigenvalue weighted by Crippen LogP contribution is -2.00. The number of aromatic nitrogens is 6. The van der Waals surface area contributed by atoms with Crippen LogP contribution in [0.3, 0.4) is 0 Å².